The normalized spacial score (nSPS) is 14.9. The van der Waals surface area contributed by atoms with Gasteiger partial charge < -0.3 is 19.0 Å². The number of carbonyl (C=O) groups excluding carboxylic acids is 1. The van der Waals surface area contributed by atoms with Crippen LogP contribution >= 0.6 is 0 Å². The lowest BCUT2D eigenvalue weighted by atomic mass is 9.88. The molecule has 0 bridgehead atoms. The predicted molar refractivity (Wildman–Crippen MR) is 158 cm³/mol. The van der Waals surface area contributed by atoms with Crippen molar-refractivity contribution in [3.05, 3.63) is 107 Å². The van der Waals surface area contributed by atoms with Gasteiger partial charge in [0, 0.05) is 46.7 Å². The van der Waals surface area contributed by atoms with Crippen molar-refractivity contribution in [2.24, 2.45) is 0 Å². The number of rotatable bonds is 8. The average Bonchev–Trinajstić information content (AvgIpc) is 3.36. The summed E-state index contributed by atoms with van der Waals surface area (Å²) >= 11 is 0. The number of phenolic OH excluding ortho intramolecular Hbond substituents is 1. The van der Waals surface area contributed by atoms with E-state index in [2.05, 4.69) is 40.2 Å². The number of furan rings is 1. The maximum Gasteiger partial charge on any atom is 0.342 e. The molecule has 2 aromatic heterocycles. The number of aryl methyl sites for hydroxylation is 3. The van der Waals surface area contributed by atoms with Crippen LogP contribution in [0, 0.1) is 6.92 Å². The van der Waals surface area contributed by atoms with Crippen molar-refractivity contribution in [3.8, 4) is 5.75 Å². The van der Waals surface area contributed by atoms with Crippen LogP contribution in [0.1, 0.15) is 51.5 Å². The standard InChI is InChI=1S/C34H34N2O5/c1-3-40-34(38)28-22(2)41-33-27-12-8-7-11-26(27)32(37)30(29(28)33)31(36-17-19-39-20-18-36)24-15-16-35-25(21-24)14-13-23-9-5-4-6-10-23/h4-12,15-16,21,31,37H,3,13-14,17-20H2,1-2H3. The Balaban J connectivity index is 1.56. The van der Waals surface area contributed by atoms with Crippen LogP contribution in [0.5, 0.6) is 5.75 Å². The number of carbonyl (C=O) groups is 1. The number of aromatic hydroxyl groups is 1. The molecule has 1 fully saturated rings. The van der Waals surface area contributed by atoms with Crippen LogP contribution in [0.2, 0.25) is 0 Å². The molecule has 0 aliphatic carbocycles. The second-order valence-electron chi connectivity index (χ2n) is 10.4. The summed E-state index contributed by atoms with van der Waals surface area (Å²) in [7, 11) is 0. The number of phenols is 1. The number of esters is 1. The van der Waals surface area contributed by atoms with Crippen LogP contribution < -0.4 is 0 Å². The monoisotopic (exact) mass is 550 g/mol. The summed E-state index contributed by atoms with van der Waals surface area (Å²) in [5.74, 6) is 0.145. The van der Waals surface area contributed by atoms with Crippen molar-refractivity contribution in [1.29, 1.82) is 0 Å². The minimum absolute atomic E-state index is 0.138. The number of hydrogen-bond acceptors (Lipinski definition) is 7. The molecular weight excluding hydrogens is 516 g/mol. The van der Waals surface area contributed by atoms with Crippen molar-refractivity contribution < 1.29 is 23.8 Å². The second kappa shape index (κ2) is 11.7. The van der Waals surface area contributed by atoms with Crippen molar-refractivity contribution in [2.75, 3.05) is 32.9 Å². The lowest BCUT2D eigenvalue weighted by Gasteiger charge is -2.36. The molecule has 7 nitrogen and oxygen atoms in total. The SMILES string of the molecule is CCOC(=O)c1c(C)oc2c1c(C(c1ccnc(CCc3ccccc3)c1)N1CCOCC1)c(O)c1ccccc12. The van der Waals surface area contributed by atoms with Gasteiger partial charge in [0.1, 0.15) is 22.7 Å². The molecule has 0 saturated carbocycles. The van der Waals surface area contributed by atoms with Gasteiger partial charge in [-0.2, -0.15) is 0 Å². The van der Waals surface area contributed by atoms with Gasteiger partial charge in [-0.05, 0) is 49.9 Å². The van der Waals surface area contributed by atoms with Crippen LogP contribution in [0.25, 0.3) is 21.7 Å². The molecule has 1 aliphatic rings. The molecule has 0 radical (unpaired) electrons. The summed E-state index contributed by atoms with van der Waals surface area (Å²) in [6.07, 6.45) is 3.50. The first kappa shape index (κ1) is 27.0. The van der Waals surface area contributed by atoms with Gasteiger partial charge in [-0.3, -0.25) is 9.88 Å². The van der Waals surface area contributed by atoms with E-state index in [9.17, 15) is 9.90 Å². The Morgan fingerprint density at radius 2 is 1.76 bits per heavy atom. The summed E-state index contributed by atoms with van der Waals surface area (Å²) in [5.41, 5.74) is 4.78. The van der Waals surface area contributed by atoms with E-state index in [4.69, 9.17) is 13.9 Å². The van der Waals surface area contributed by atoms with Crippen molar-refractivity contribution in [3.63, 3.8) is 0 Å². The van der Waals surface area contributed by atoms with Crippen molar-refractivity contribution >= 4 is 27.7 Å². The predicted octanol–water partition coefficient (Wildman–Crippen LogP) is 6.38. The molecule has 0 spiro atoms. The van der Waals surface area contributed by atoms with Gasteiger partial charge in [-0.25, -0.2) is 4.79 Å². The zero-order valence-corrected chi connectivity index (χ0v) is 23.4. The zero-order valence-electron chi connectivity index (χ0n) is 23.4. The summed E-state index contributed by atoms with van der Waals surface area (Å²) in [6, 6.07) is 21.8. The highest BCUT2D eigenvalue weighted by Gasteiger charge is 2.34. The van der Waals surface area contributed by atoms with E-state index in [1.807, 2.05) is 42.6 Å². The zero-order chi connectivity index (χ0) is 28.3. The molecule has 3 aromatic carbocycles. The summed E-state index contributed by atoms with van der Waals surface area (Å²) in [6.45, 7) is 6.30. The topological polar surface area (TPSA) is 85.0 Å². The quantitative estimate of drug-likeness (QED) is 0.225. The minimum atomic E-state index is -0.460. The number of morpholine rings is 1. The first-order valence-corrected chi connectivity index (χ1v) is 14.2. The molecule has 1 unspecified atom stereocenters. The first-order valence-electron chi connectivity index (χ1n) is 14.2. The highest BCUT2D eigenvalue weighted by molar-refractivity contribution is 6.16. The largest absolute Gasteiger partial charge is 0.507 e. The van der Waals surface area contributed by atoms with Crippen LogP contribution in [0.4, 0.5) is 0 Å². The van der Waals surface area contributed by atoms with E-state index in [1.165, 1.54) is 5.56 Å². The maximum absolute atomic E-state index is 13.3. The van der Waals surface area contributed by atoms with E-state index < -0.39 is 5.97 Å². The summed E-state index contributed by atoms with van der Waals surface area (Å²) in [4.78, 5) is 20.3. The maximum atomic E-state index is 13.3. The molecule has 0 amide bonds. The van der Waals surface area contributed by atoms with Crippen LogP contribution in [0.3, 0.4) is 0 Å². The molecule has 210 valence electrons. The average molecular weight is 551 g/mol. The number of pyridine rings is 1. The highest BCUT2D eigenvalue weighted by Crippen LogP contribution is 2.47. The second-order valence-corrected chi connectivity index (χ2v) is 10.4. The highest BCUT2D eigenvalue weighted by atomic mass is 16.5. The Labute approximate surface area is 239 Å². The number of benzene rings is 3. The van der Waals surface area contributed by atoms with Gasteiger partial charge in [0.15, 0.2) is 0 Å². The van der Waals surface area contributed by atoms with Crippen molar-refractivity contribution in [2.45, 2.75) is 32.7 Å². The molecule has 6 rings (SSSR count). The fraction of sp³-hybridized carbons (Fsp3) is 0.294. The van der Waals surface area contributed by atoms with E-state index >= 15 is 0 Å². The van der Waals surface area contributed by atoms with Gasteiger partial charge in [0.05, 0.1) is 25.9 Å². The van der Waals surface area contributed by atoms with Gasteiger partial charge in [-0.15, -0.1) is 0 Å². The third-order valence-corrected chi connectivity index (χ3v) is 7.87. The van der Waals surface area contributed by atoms with Crippen LogP contribution in [0.15, 0.2) is 77.3 Å². The van der Waals surface area contributed by atoms with E-state index in [1.54, 1.807) is 13.8 Å². The lowest BCUT2D eigenvalue weighted by molar-refractivity contribution is 0.0238. The Morgan fingerprint density at radius 3 is 2.51 bits per heavy atom. The third-order valence-electron chi connectivity index (χ3n) is 7.87. The van der Waals surface area contributed by atoms with E-state index in [0.29, 0.717) is 59.5 Å². The molecule has 41 heavy (non-hydrogen) atoms. The fourth-order valence-electron chi connectivity index (χ4n) is 5.97. The number of hydrogen-bond donors (Lipinski definition) is 1. The Morgan fingerprint density at radius 1 is 1.02 bits per heavy atom. The molecule has 1 N–H and O–H groups in total. The number of nitrogens with zero attached hydrogens (tertiary/aromatic N) is 2. The molecule has 3 heterocycles. The van der Waals surface area contributed by atoms with Gasteiger partial charge in [0.25, 0.3) is 0 Å². The molecular formula is C34H34N2O5. The van der Waals surface area contributed by atoms with Crippen LogP contribution in [-0.2, 0) is 22.3 Å². The van der Waals surface area contributed by atoms with E-state index in [0.717, 1.165) is 29.5 Å². The summed E-state index contributed by atoms with van der Waals surface area (Å²) < 4.78 is 17.5. The van der Waals surface area contributed by atoms with E-state index in [-0.39, 0.29) is 18.4 Å². The minimum Gasteiger partial charge on any atom is -0.507 e. The summed E-state index contributed by atoms with van der Waals surface area (Å²) in [5, 5.41) is 14.0. The smallest absolute Gasteiger partial charge is 0.342 e. The van der Waals surface area contributed by atoms with Crippen LogP contribution in [-0.4, -0.2) is 53.9 Å². The molecule has 1 atom stereocenters. The lowest BCUT2D eigenvalue weighted by Crippen LogP contribution is -2.39. The number of fused-ring (bicyclic) bond motifs is 3. The number of ether oxygens (including phenoxy) is 2. The first-order chi connectivity index (χ1) is 20.1. The Hall–Kier alpha value is -4.20. The van der Waals surface area contributed by atoms with Gasteiger partial charge in [0.2, 0.25) is 0 Å². The van der Waals surface area contributed by atoms with Gasteiger partial charge >= 0.3 is 5.97 Å². The Bertz CT molecular complexity index is 1690. The van der Waals surface area contributed by atoms with Crippen molar-refractivity contribution in [1.82, 2.24) is 9.88 Å². The molecule has 1 aliphatic heterocycles. The van der Waals surface area contributed by atoms with Gasteiger partial charge in [-0.1, -0.05) is 54.6 Å². The molecule has 7 heteroatoms. The fourth-order valence-corrected chi connectivity index (χ4v) is 5.97. The molecule has 1 saturated heterocycles. The third kappa shape index (κ3) is 5.19. The molecule has 5 aromatic rings. The Kier molecular flexibility index (Phi) is 7.72. The number of aromatic nitrogens is 1.